The molecule has 0 aliphatic rings. The van der Waals surface area contributed by atoms with E-state index in [2.05, 4.69) is 41.6 Å². The third-order valence-corrected chi connectivity index (χ3v) is 5.48. The van der Waals surface area contributed by atoms with Gasteiger partial charge >= 0.3 is 0 Å². The minimum atomic E-state index is -0.0535. The lowest BCUT2D eigenvalue weighted by Gasteiger charge is -2.14. The van der Waals surface area contributed by atoms with E-state index in [0.29, 0.717) is 16.7 Å². The number of fused-ring (bicyclic) bond motifs is 1. The van der Waals surface area contributed by atoms with Crippen molar-refractivity contribution in [3.05, 3.63) is 103 Å². The number of hydrogen-bond acceptors (Lipinski definition) is 2. The van der Waals surface area contributed by atoms with E-state index in [0.717, 1.165) is 20.4 Å². The fourth-order valence-electron chi connectivity index (χ4n) is 3.27. The lowest BCUT2D eigenvalue weighted by Crippen LogP contribution is -2.23. The van der Waals surface area contributed by atoms with Gasteiger partial charge in [0.25, 0.3) is 5.56 Å². The van der Waals surface area contributed by atoms with Gasteiger partial charge in [0, 0.05) is 3.57 Å². The molecule has 4 aromatic rings. The standard InChI is InChI=1S/C24H19IN2O/c1-16-7-3-5-9-18(16)11-14-23-26-21-13-12-19(25)15-20(21)24(28)27(23)22-10-6-4-8-17(22)2/h3-15H,1-2H3/b14-11+. The highest BCUT2D eigenvalue weighted by Gasteiger charge is 2.13. The Hall–Kier alpha value is -2.73. The minimum absolute atomic E-state index is 0.0535. The molecular formula is C24H19IN2O. The first-order valence-electron chi connectivity index (χ1n) is 9.06. The molecule has 0 fully saturated rings. The van der Waals surface area contributed by atoms with Gasteiger partial charge in [0.2, 0.25) is 0 Å². The summed E-state index contributed by atoms with van der Waals surface area (Å²) >= 11 is 2.22. The van der Waals surface area contributed by atoms with Crippen molar-refractivity contribution in [2.75, 3.05) is 0 Å². The summed E-state index contributed by atoms with van der Waals surface area (Å²) in [5.41, 5.74) is 4.82. The summed E-state index contributed by atoms with van der Waals surface area (Å²) in [6, 6.07) is 21.8. The number of nitrogens with zero attached hydrogens (tertiary/aromatic N) is 2. The third kappa shape index (κ3) is 3.52. The highest BCUT2D eigenvalue weighted by atomic mass is 127. The van der Waals surface area contributed by atoms with Crippen LogP contribution in [0.3, 0.4) is 0 Å². The van der Waals surface area contributed by atoms with E-state index in [4.69, 9.17) is 4.98 Å². The van der Waals surface area contributed by atoms with Crippen LogP contribution < -0.4 is 5.56 Å². The quantitative estimate of drug-likeness (QED) is 0.350. The number of aromatic nitrogens is 2. The van der Waals surface area contributed by atoms with Crippen molar-refractivity contribution >= 4 is 45.6 Å². The van der Waals surface area contributed by atoms with E-state index >= 15 is 0 Å². The Kier molecular flexibility index (Phi) is 5.13. The minimum Gasteiger partial charge on any atom is -0.268 e. The van der Waals surface area contributed by atoms with Crippen molar-refractivity contribution in [3.8, 4) is 5.69 Å². The zero-order chi connectivity index (χ0) is 19.7. The molecule has 0 aliphatic carbocycles. The van der Waals surface area contributed by atoms with Gasteiger partial charge in [0.05, 0.1) is 16.6 Å². The van der Waals surface area contributed by atoms with Gasteiger partial charge < -0.3 is 0 Å². The summed E-state index contributed by atoms with van der Waals surface area (Å²) in [4.78, 5) is 18.2. The van der Waals surface area contributed by atoms with Crippen molar-refractivity contribution < 1.29 is 0 Å². The van der Waals surface area contributed by atoms with Crippen LogP contribution in [0.5, 0.6) is 0 Å². The molecule has 0 saturated heterocycles. The SMILES string of the molecule is Cc1ccccc1/C=C/c1nc2ccc(I)cc2c(=O)n1-c1ccccc1C. The molecule has 0 spiro atoms. The Bertz CT molecular complexity index is 1270. The Balaban J connectivity index is 2.00. The first-order chi connectivity index (χ1) is 13.5. The Morgan fingerprint density at radius 3 is 2.36 bits per heavy atom. The predicted molar refractivity (Wildman–Crippen MR) is 125 cm³/mol. The van der Waals surface area contributed by atoms with Crippen molar-refractivity contribution in [1.82, 2.24) is 9.55 Å². The molecular weight excluding hydrogens is 459 g/mol. The van der Waals surface area contributed by atoms with Gasteiger partial charge in [-0.2, -0.15) is 0 Å². The fourth-order valence-corrected chi connectivity index (χ4v) is 3.76. The van der Waals surface area contributed by atoms with E-state index in [1.54, 1.807) is 4.57 Å². The molecule has 28 heavy (non-hydrogen) atoms. The van der Waals surface area contributed by atoms with Gasteiger partial charge in [-0.3, -0.25) is 9.36 Å². The van der Waals surface area contributed by atoms with Crippen molar-refractivity contribution in [3.63, 3.8) is 0 Å². The van der Waals surface area contributed by atoms with E-state index in [9.17, 15) is 4.79 Å². The summed E-state index contributed by atoms with van der Waals surface area (Å²) in [6.07, 6.45) is 3.94. The van der Waals surface area contributed by atoms with Crippen LogP contribution in [0.1, 0.15) is 22.5 Å². The van der Waals surface area contributed by atoms with Gasteiger partial charge in [-0.05, 0) is 83.5 Å². The highest BCUT2D eigenvalue weighted by molar-refractivity contribution is 14.1. The van der Waals surface area contributed by atoms with Crippen LogP contribution in [0.4, 0.5) is 0 Å². The number of halogens is 1. The fraction of sp³-hybridized carbons (Fsp3) is 0.0833. The molecule has 4 rings (SSSR count). The van der Waals surface area contributed by atoms with Crippen LogP contribution in [0, 0.1) is 17.4 Å². The molecule has 4 heteroatoms. The molecule has 0 N–H and O–H groups in total. The molecule has 0 radical (unpaired) electrons. The molecule has 0 amide bonds. The first kappa shape index (κ1) is 18.6. The molecule has 0 atom stereocenters. The number of aryl methyl sites for hydroxylation is 2. The van der Waals surface area contributed by atoms with Gasteiger partial charge in [0.15, 0.2) is 0 Å². The molecule has 138 valence electrons. The Labute approximate surface area is 177 Å². The lowest BCUT2D eigenvalue weighted by molar-refractivity contribution is 0.934. The first-order valence-corrected chi connectivity index (χ1v) is 10.1. The van der Waals surface area contributed by atoms with Crippen LogP contribution >= 0.6 is 22.6 Å². The van der Waals surface area contributed by atoms with Crippen LogP contribution in [-0.4, -0.2) is 9.55 Å². The van der Waals surface area contributed by atoms with Gasteiger partial charge in [-0.1, -0.05) is 48.5 Å². The Morgan fingerprint density at radius 1 is 0.893 bits per heavy atom. The molecule has 3 aromatic carbocycles. The second kappa shape index (κ2) is 7.72. The molecule has 1 heterocycles. The van der Waals surface area contributed by atoms with Crippen LogP contribution in [0.25, 0.3) is 28.7 Å². The molecule has 0 unspecified atom stereocenters. The number of benzene rings is 3. The van der Waals surface area contributed by atoms with Crippen molar-refractivity contribution in [2.24, 2.45) is 0 Å². The molecule has 0 aliphatic heterocycles. The zero-order valence-corrected chi connectivity index (χ0v) is 17.8. The highest BCUT2D eigenvalue weighted by Crippen LogP contribution is 2.20. The van der Waals surface area contributed by atoms with Crippen LogP contribution in [-0.2, 0) is 0 Å². The molecule has 3 nitrogen and oxygen atoms in total. The largest absolute Gasteiger partial charge is 0.268 e. The monoisotopic (exact) mass is 478 g/mol. The van der Waals surface area contributed by atoms with E-state index in [1.807, 2.05) is 73.7 Å². The van der Waals surface area contributed by atoms with E-state index in [1.165, 1.54) is 5.56 Å². The summed E-state index contributed by atoms with van der Waals surface area (Å²) in [7, 11) is 0. The number of rotatable bonds is 3. The normalized spacial score (nSPS) is 11.4. The zero-order valence-electron chi connectivity index (χ0n) is 15.7. The topological polar surface area (TPSA) is 34.9 Å². The number of hydrogen-bond donors (Lipinski definition) is 0. The molecule has 0 saturated carbocycles. The van der Waals surface area contributed by atoms with Crippen molar-refractivity contribution in [2.45, 2.75) is 13.8 Å². The van der Waals surface area contributed by atoms with Crippen LogP contribution in [0.2, 0.25) is 0 Å². The maximum atomic E-state index is 13.4. The van der Waals surface area contributed by atoms with Gasteiger partial charge in [-0.15, -0.1) is 0 Å². The average Bonchev–Trinajstić information content (AvgIpc) is 2.69. The second-order valence-electron chi connectivity index (χ2n) is 6.75. The second-order valence-corrected chi connectivity index (χ2v) is 7.99. The lowest BCUT2D eigenvalue weighted by atomic mass is 10.1. The third-order valence-electron chi connectivity index (χ3n) is 4.81. The Morgan fingerprint density at radius 2 is 1.61 bits per heavy atom. The van der Waals surface area contributed by atoms with Gasteiger partial charge in [0.1, 0.15) is 5.82 Å². The molecule has 1 aromatic heterocycles. The smallest absolute Gasteiger partial charge is 0.266 e. The van der Waals surface area contributed by atoms with Crippen molar-refractivity contribution in [1.29, 1.82) is 0 Å². The average molecular weight is 478 g/mol. The number of para-hydroxylation sites is 1. The summed E-state index contributed by atoms with van der Waals surface area (Å²) in [5, 5.41) is 0.628. The van der Waals surface area contributed by atoms with E-state index < -0.39 is 0 Å². The summed E-state index contributed by atoms with van der Waals surface area (Å²) in [6.45, 7) is 4.08. The molecule has 0 bridgehead atoms. The van der Waals surface area contributed by atoms with Crippen LogP contribution in [0.15, 0.2) is 71.5 Å². The predicted octanol–water partition coefficient (Wildman–Crippen LogP) is 5.78. The maximum absolute atomic E-state index is 13.4. The van der Waals surface area contributed by atoms with Gasteiger partial charge in [-0.25, -0.2) is 4.98 Å². The summed E-state index contributed by atoms with van der Waals surface area (Å²) in [5.74, 6) is 0.622. The van der Waals surface area contributed by atoms with E-state index in [-0.39, 0.29) is 5.56 Å². The summed E-state index contributed by atoms with van der Waals surface area (Å²) < 4.78 is 2.73. The maximum Gasteiger partial charge on any atom is 0.266 e.